The van der Waals surface area contributed by atoms with Gasteiger partial charge < -0.3 is 0 Å². The molecule has 0 amide bonds. The Balaban J connectivity index is 2.37. The first kappa shape index (κ1) is 12.5. The van der Waals surface area contributed by atoms with Crippen molar-refractivity contribution in [3.05, 3.63) is 77.9 Å². The van der Waals surface area contributed by atoms with Crippen LogP contribution < -0.4 is 0 Å². The van der Waals surface area contributed by atoms with Gasteiger partial charge in [-0.3, -0.25) is 0 Å². The number of alkyl halides is 2. The molecule has 0 nitrogen and oxygen atoms in total. The SMILES string of the molecule is C=C(c1ccccc1)C(F)(F)c1ccc(C)cc1. The average Bonchev–Trinajstić information content (AvgIpc) is 2.39. The number of rotatable bonds is 3. The maximum atomic E-state index is 14.3. The van der Waals surface area contributed by atoms with Crippen molar-refractivity contribution in [2.45, 2.75) is 12.8 Å². The molecule has 0 aliphatic carbocycles. The van der Waals surface area contributed by atoms with E-state index in [1.165, 1.54) is 12.1 Å². The third kappa shape index (κ3) is 2.33. The fourth-order valence-corrected chi connectivity index (χ4v) is 1.76. The minimum atomic E-state index is -3.05. The molecule has 0 aromatic heterocycles. The zero-order valence-electron chi connectivity index (χ0n) is 10.2. The second kappa shape index (κ2) is 4.73. The molecule has 0 radical (unpaired) electrons. The molecule has 0 saturated heterocycles. The van der Waals surface area contributed by atoms with E-state index >= 15 is 0 Å². The third-order valence-electron chi connectivity index (χ3n) is 2.92. The summed E-state index contributed by atoms with van der Waals surface area (Å²) in [6, 6.07) is 14.8. The van der Waals surface area contributed by atoms with Gasteiger partial charge in [0, 0.05) is 11.1 Å². The summed E-state index contributed by atoms with van der Waals surface area (Å²) in [7, 11) is 0. The Morgan fingerprint density at radius 2 is 1.50 bits per heavy atom. The predicted octanol–water partition coefficient (Wildman–Crippen LogP) is 4.80. The van der Waals surface area contributed by atoms with Crippen molar-refractivity contribution in [1.29, 1.82) is 0 Å². The summed E-state index contributed by atoms with van der Waals surface area (Å²) in [4.78, 5) is 0. The molecule has 92 valence electrons. The molecule has 0 aliphatic heterocycles. The van der Waals surface area contributed by atoms with Gasteiger partial charge in [0.25, 0.3) is 5.92 Å². The van der Waals surface area contributed by atoms with Crippen LogP contribution in [0.4, 0.5) is 8.78 Å². The third-order valence-corrected chi connectivity index (χ3v) is 2.92. The molecule has 2 rings (SSSR count). The molecule has 2 aromatic carbocycles. The van der Waals surface area contributed by atoms with Crippen molar-refractivity contribution in [2.24, 2.45) is 0 Å². The van der Waals surface area contributed by atoms with Gasteiger partial charge in [-0.2, -0.15) is 8.78 Å². The van der Waals surface area contributed by atoms with Crippen molar-refractivity contribution in [3.8, 4) is 0 Å². The second-order valence-corrected chi connectivity index (χ2v) is 4.28. The highest BCUT2D eigenvalue weighted by Gasteiger charge is 2.35. The highest BCUT2D eigenvalue weighted by Crippen LogP contribution is 2.40. The number of hydrogen-bond donors (Lipinski definition) is 0. The number of aryl methyl sites for hydroxylation is 1. The Bertz CT molecular complexity index is 539. The van der Waals surface area contributed by atoms with Crippen LogP contribution in [0.5, 0.6) is 0 Å². The van der Waals surface area contributed by atoms with Crippen LogP contribution in [-0.2, 0) is 5.92 Å². The lowest BCUT2D eigenvalue weighted by Gasteiger charge is -2.20. The van der Waals surface area contributed by atoms with E-state index in [4.69, 9.17) is 0 Å². The Hall–Kier alpha value is -1.96. The van der Waals surface area contributed by atoms with Gasteiger partial charge in [0.1, 0.15) is 0 Å². The standard InChI is InChI=1S/C16H14F2/c1-12-8-10-15(11-9-12)16(17,18)13(2)14-6-4-3-5-7-14/h3-11H,2H2,1H3. The quantitative estimate of drug-likeness (QED) is 0.727. The molecule has 0 spiro atoms. The Morgan fingerprint density at radius 1 is 0.944 bits per heavy atom. The summed E-state index contributed by atoms with van der Waals surface area (Å²) in [5.41, 5.74) is 1.22. The molecular formula is C16H14F2. The molecular weight excluding hydrogens is 230 g/mol. The van der Waals surface area contributed by atoms with Crippen molar-refractivity contribution in [1.82, 2.24) is 0 Å². The molecule has 2 aromatic rings. The molecule has 0 aliphatic rings. The summed E-state index contributed by atoms with van der Waals surface area (Å²) < 4.78 is 28.5. The van der Waals surface area contributed by atoms with Crippen LogP contribution in [0.1, 0.15) is 16.7 Å². The number of allylic oxidation sites excluding steroid dienone is 1. The van der Waals surface area contributed by atoms with Gasteiger partial charge in [0.15, 0.2) is 0 Å². The zero-order valence-corrected chi connectivity index (χ0v) is 10.2. The van der Waals surface area contributed by atoms with E-state index in [0.717, 1.165) is 5.56 Å². The lowest BCUT2D eigenvalue weighted by Crippen LogP contribution is -2.15. The van der Waals surface area contributed by atoms with Gasteiger partial charge in [-0.1, -0.05) is 66.7 Å². The number of benzene rings is 2. The molecule has 0 unspecified atom stereocenters. The molecule has 18 heavy (non-hydrogen) atoms. The molecule has 0 N–H and O–H groups in total. The molecule has 0 bridgehead atoms. The van der Waals surface area contributed by atoms with Crippen molar-refractivity contribution >= 4 is 5.57 Å². The van der Waals surface area contributed by atoms with E-state index in [-0.39, 0.29) is 11.1 Å². The molecule has 0 heterocycles. The van der Waals surface area contributed by atoms with E-state index in [1.54, 1.807) is 42.5 Å². The van der Waals surface area contributed by atoms with Crippen LogP contribution in [0.25, 0.3) is 5.57 Å². The second-order valence-electron chi connectivity index (χ2n) is 4.28. The van der Waals surface area contributed by atoms with E-state index in [2.05, 4.69) is 6.58 Å². The normalized spacial score (nSPS) is 11.3. The largest absolute Gasteiger partial charge is 0.298 e. The predicted molar refractivity (Wildman–Crippen MR) is 70.5 cm³/mol. The van der Waals surface area contributed by atoms with Crippen LogP contribution in [0.3, 0.4) is 0 Å². The van der Waals surface area contributed by atoms with Crippen LogP contribution in [0.15, 0.2) is 61.2 Å². The lowest BCUT2D eigenvalue weighted by molar-refractivity contribution is 0.0646. The molecule has 0 fully saturated rings. The summed E-state index contributed by atoms with van der Waals surface area (Å²) in [6.07, 6.45) is 0. The van der Waals surface area contributed by atoms with Gasteiger partial charge in [0.2, 0.25) is 0 Å². The summed E-state index contributed by atoms with van der Waals surface area (Å²) in [5, 5.41) is 0. The minimum absolute atomic E-state index is 0.0260. The van der Waals surface area contributed by atoms with Gasteiger partial charge in [-0.25, -0.2) is 0 Å². The first-order chi connectivity index (χ1) is 8.51. The smallest absolute Gasteiger partial charge is 0.196 e. The maximum absolute atomic E-state index is 14.3. The van der Waals surface area contributed by atoms with Crippen molar-refractivity contribution in [2.75, 3.05) is 0 Å². The minimum Gasteiger partial charge on any atom is -0.196 e. The highest BCUT2D eigenvalue weighted by atomic mass is 19.3. The molecule has 2 heteroatoms. The monoisotopic (exact) mass is 244 g/mol. The topological polar surface area (TPSA) is 0 Å². The fraction of sp³-hybridized carbons (Fsp3) is 0.125. The number of halogens is 2. The van der Waals surface area contributed by atoms with Crippen LogP contribution in [-0.4, -0.2) is 0 Å². The highest BCUT2D eigenvalue weighted by molar-refractivity contribution is 5.70. The van der Waals surface area contributed by atoms with Gasteiger partial charge >= 0.3 is 0 Å². The number of hydrogen-bond acceptors (Lipinski definition) is 0. The first-order valence-corrected chi connectivity index (χ1v) is 5.71. The van der Waals surface area contributed by atoms with Crippen LogP contribution in [0.2, 0.25) is 0 Å². The van der Waals surface area contributed by atoms with E-state index < -0.39 is 5.92 Å². The van der Waals surface area contributed by atoms with E-state index in [0.29, 0.717) is 5.56 Å². The summed E-state index contributed by atoms with van der Waals surface area (Å²) >= 11 is 0. The van der Waals surface area contributed by atoms with Gasteiger partial charge in [-0.15, -0.1) is 0 Å². The van der Waals surface area contributed by atoms with Crippen LogP contribution in [0, 0.1) is 6.92 Å². The Morgan fingerprint density at radius 3 is 2.06 bits per heavy atom. The van der Waals surface area contributed by atoms with E-state index in [1.807, 2.05) is 6.92 Å². The zero-order chi connectivity index (χ0) is 13.2. The molecule has 0 atom stereocenters. The maximum Gasteiger partial charge on any atom is 0.298 e. The first-order valence-electron chi connectivity index (χ1n) is 5.71. The molecule has 0 saturated carbocycles. The Labute approximate surface area is 106 Å². The van der Waals surface area contributed by atoms with Gasteiger partial charge in [-0.05, 0) is 12.5 Å². The van der Waals surface area contributed by atoms with Crippen LogP contribution >= 0.6 is 0 Å². The van der Waals surface area contributed by atoms with Crippen molar-refractivity contribution in [3.63, 3.8) is 0 Å². The average molecular weight is 244 g/mol. The Kier molecular flexibility index (Phi) is 3.28. The van der Waals surface area contributed by atoms with Crippen molar-refractivity contribution < 1.29 is 8.78 Å². The summed E-state index contributed by atoms with van der Waals surface area (Å²) in [6.45, 7) is 5.41. The van der Waals surface area contributed by atoms with E-state index in [9.17, 15) is 8.78 Å². The summed E-state index contributed by atoms with van der Waals surface area (Å²) in [5.74, 6) is -3.05. The lowest BCUT2D eigenvalue weighted by atomic mass is 9.95. The van der Waals surface area contributed by atoms with Gasteiger partial charge in [0.05, 0.1) is 0 Å². The fourth-order valence-electron chi connectivity index (χ4n) is 1.76.